The molecular formula is C26H31N5O3S. The molecule has 0 radical (unpaired) electrons. The zero-order chi connectivity index (χ0) is 23.8. The van der Waals surface area contributed by atoms with Gasteiger partial charge in [0.2, 0.25) is 5.91 Å². The first-order valence-electron chi connectivity index (χ1n) is 12.5. The number of fused-ring (bicyclic) bond motifs is 1. The molecular weight excluding hydrogens is 462 g/mol. The van der Waals surface area contributed by atoms with Gasteiger partial charge in [-0.2, -0.15) is 11.8 Å². The van der Waals surface area contributed by atoms with E-state index in [0.29, 0.717) is 18.3 Å². The zero-order valence-corrected chi connectivity index (χ0v) is 20.6. The minimum atomic E-state index is 0.0951. The molecule has 1 saturated carbocycles. The van der Waals surface area contributed by atoms with Crippen molar-refractivity contribution in [2.75, 3.05) is 43.5 Å². The predicted octanol–water partition coefficient (Wildman–Crippen LogP) is 3.76. The number of anilines is 1. The molecule has 9 heteroatoms. The van der Waals surface area contributed by atoms with E-state index >= 15 is 0 Å². The van der Waals surface area contributed by atoms with Gasteiger partial charge in [0.1, 0.15) is 30.1 Å². The number of hydrogen-bond donors (Lipinski definition) is 1. The number of nitrogens with two attached hydrogens (primary N) is 1. The summed E-state index contributed by atoms with van der Waals surface area (Å²) < 4.78 is 13.9. The molecule has 0 spiro atoms. The maximum atomic E-state index is 12.9. The van der Waals surface area contributed by atoms with Crippen molar-refractivity contribution in [2.24, 2.45) is 5.92 Å². The highest BCUT2D eigenvalue weighted by atomic mass is 32.2. The first-order valence-corrected chi connectivity index (χ1v) is 13.6. The van der Waals surface area contributed by atoms with E-state index in [0.717, 1.165) is 84.8 Å². The Morgan fingerprint density at radius 1 is 1.23 bits per heavy atom. The van der Waals surface area contributed by atoms with Gasteiger partial charge in [0.25, 0.3) is 0 Å². The predicted molar refractivity (Wildman–Crippen MR) is 138 cm³/mol. The first kappa shape index (κ1) is 22.7. The molecule has 2 aromatic heterocycles. The summed E-state index contributed by atoms with van der Waals surface area (Å²) in [5, 5.41) is 0.853. The molecule has 184 valence electrons. The van der Waals surface area contributed by atoms with Crippen LogP contribution in [-0.4, -0.2) is 69.3 Å². The van der Waals surface area contributed by atoms with E-state index in [4.69, 9.17) is 15.2 Å². The summed E-state index contributed by atoms with van der Waals surface area (Å²) in [4.78, 5) is 23.8. The lowest BCUT2D eigenvalue weighted by Gasteiger charge is -2.39. The summed E-state index contributed by atoms with van der Waals surface area (Å²) in [5.74, 6) is 3.76. The Kier molecular flexibility index (Phi) is 6.28. The Balaban J connectivity index is 1.24. The van der Waals surface area contributed by atoms with Crippen LogP contribution in [0, 0.1) is 5.92 Å². The molecule has 1 aromatic carbocycles. The normalized spacial score (nSPS) is 24.5. The SMILES string of the molecule is Nc1ncnc2c1c(-c1cccc(OC[C@@H]3CCCO3)c1)cn2C1CC(C(=O)N2CCSCC2)C1. The molecule has 2 saturated heterocycles. The van der Waals surface area contributed by atoms with Crippen LogP contribution < -0.4 is 10.5 Å². The van der Waals surface area contributed by atoms with Gasteiger partial charge >= 0.3 is 0 Å². The average Bonchev–Trinajstić information content (AvgIpc) is 3.52. The lowest BCUT2D eigenvalue weighted by Crippen LogP contribution is -2.45. The van der Waals surface area contributed by atoms with E-state index in [1.165, 1.54) is 6.33 Å². The van der Waals surface area contributed by atoms with Crippen molar-refractivity contribution in [3.05, 3.63) is 36.8 Å². The highest BCUT2D eigenvalue weighted by molar-refractivity contribution is 7.99. The quantitative estimate of drug-likeness (QED) is 0.559. The number of benzene rings is 1. The van der Waals surface area contributed by atoms with Crippen LogP contribution in [-0.2, 0) is 9.53 Å². The fraction of sp³-hybridized carbons (Fsp3) is 0.500. The maximum Gasteiger partial charge on any atom is 0.225 e. The van der Waals surface area contributed by atoms with E-state index in [1.54, 1.807) is 0 Å². The Bertz CT molecular complexity index is 1210. The molecule has 1 atom stereocenters. The molecule has 0 unspecified atom stereocenters. The number of hydrogen-bond acceptors (Lipinski definition) is 7. The lowest BCUT2D eigenvalue weighted by atomic mass is 9.79. The van der Waals surface area contributed by atoms with Crippen LogP contribution in [0.15, 0.2) is 36.8 Å². The van der Waals surface area contributed by atoms with Gasteiger partial charge in [0.15, 0.2) is 0 Å². The van der Waals surface area contributed by atoms with Crippen LogP contribution in [0.1, 0.15) is 31.7 Å². The molecule has 35 heavy (non-hydrogen) atoms. The van der Waals surface area contributed by atoms with Crippen LogP contribution in [0.3, 0.4) is 0 Å². The first-order chi connectivity index (χ1) is 17.2. The molecule has 6 rings (SSSR count). The minimum absolute atomic E-state index is 0.0951. The van der Waals surface area contributed by atoms with Gasteiger partial charge in [-0.25, -0.2) is 9.97 Å². The van der Waals surface area contributed by atoms with Crippen LogP contribution >= 0.6 is 11.8 Å². The third kappa shape index (κ3) is 4.47. The van der Waals surface area contributed by atoms with E-state index < -0.39 is 0 Å². The molecule has 2 N–H and O–H groups in total. The second kappa shape index (κ2) is 9.70. The van der Waals surface area contributed by atoms with Gasteiger partial charge in [-0.05, 0) is 43.4 Å². The number of aromatic nitrogens is 3. The summed E-state index contributed by atoms with van der Waals surface area (Å²) in [6, 6.07) is 8.30. The summed E-state index contributed by atoms with van der Waals surface area (Å²) in [7, 11) is 0. The average molecular weight is 494 g/mol. The van der Waals surface area contributed by atoms with Gasteiger partial charge in [-0.1, -0.05) is 12.1 Å². The maximum absolute atomic E-state index is 12.9. The number of nitrogens with zero attached hydrogens (tertiary/aromatic N) is 4. The van der Waals surface area contributed by atoms with Crippen molar-refractivity contribution in [2.45, 2.75) is 37.8 Å². The second-order valence-corrected chi connectivity index (χ2v) is 10.9. The number of amides is 1. The van der Waals surface area contributed by atoms with Crippen molar-refractivity contribution in [3.63, 3.8) is 0 Å². The second-order valence-electron chi connectivity index (χ2n) is 9.64. The van der Waals surface area contributed by atoms with Gasteiger partial charge in [-0.15, -0.1) is 0 Å². The topological polar surface area (TPSA) is 95.5 Å². The third-order valence-corrected chi connectivity index (χ3v) is 8.36. The van der Waals surface area contributed by atoms with Crippen molar-refractivity contribution < 1.29 is 14.3 Å². The van der Waals surface area contributed by atoms with E-state index in [1.807, 2.05) is 34.9 Å². The van der Waals surface area contributed by atoms with Gasteiger partial charge < -0.3 is 24.7 Å². The van der Waals surface area contributed by atoms with Crippen LogP contribution in [0.25, 0.3) is 22.2 Å². The largest absolute Gasteiger partial charge is 0.491 e. The third-order valence-electron chi connectivity index (χ3n) is 7.42. The Morgan fingerprint density at radius 2 is 2.09 bits per heavy atom. The Hall–Kier alpha value is -2.78. The lowest BCUT2D eigenvalue weighted by molar-refractivity contribution is -0.139. The number of carbonyl (C=O) groups excluding carboxylic acids is 1. The minimum Gasteiger partial charge on any atom is -0.491 e. The van der Waals surface area contributed by atoms with Gasteiger partial charge in [-0.3, -0.25) is 4.79 Å². The summed E-state index contributed by atoms with van der Waals surface area (Å²) in [6.07, 6.45) is 7.62. The molecule has 2 aliphatic heterocycles. The van der Waals surface area contributed by atoms with Crippen molar-refractivity contribution in [1.29, 1.82) is 0 Å². The van der Waals surface area contributed by atoms with Crippen molar-refractivity contribution in [1.82, 2.24) is 19.4 Å². The molecule has 1 aliphatic carbocycles. The molecule has 3 aromatic rings. The standard InChI is InChI=1S/C26H31N5O3S/c27-24-23-22(17-3-1-4-20(13-17)34-15-21-5-2-8-33-21)14-31(25(23)29-16-28-24)19-11-18(12-19)26(32)30-6-9-35-10-7-30/h1,3-4,13-14,16,18-19,21H,2,5-12,15H2,(H2,27,28,29)/t18?,19?,21-/m0/s1. The monoisotopic (exact) mass is 493 g/mol. The van der Waals surface area contributed by atoms with E-state index in [2.05, 4.69) is 26.8 Å². The van der Waals surface area contributed by atoms with Crippen LogP contribution in [0.2, 0.25) is 0 Å². The van der Waals surface area contributed by atoms with E-state index in [9.17, 15) is 4.79 Å². The zero-order valence-electron chi connectivity index (χ0n) is 19.8. The highest BCUT2D eigenvalue weighted by Gasteiger charge is 2.39. The number of nitrogen functional groups attached to an aromatic ring is 1. The van der Waals surface area contributed by atoms with Gasteiger partial charge in [0.05, 0.1) is 11.5 Å². The number of carbonyl (C=O) groups is 1. The molecule has 4 heterocycles. The number of thioether (sulfide) groups is 1. The summed E-state index contributed by atoms with van der Waals surface area (Å²) >= 11 is 1.93. The number of rotatable bonds is 6. The fourth-order valence-corrected chi connectivity index (χ4v) is 6.29. The van der Waals surface area contributed by atoms with Crippen molar-refractivity contribution >= 4 is 34.5 Å². The van der Waals surface area contributed by atoms with Crippen LogP contribution in [0.4, 0.5) is 5.82 Å². The molecule has 3 fully saturated rings. The van der Waals surface area contributed by atoms with Gasteiger partial charge in [0, 0.05) is 54.9 Å². The number of ether oxygens (including phenoxy) is 2. The fourth-order valence-electron chi connectivity index (χ4n) is 5.38. The Morgan fingerprint density at radius 3 is 2.89 bits per heavy atom. The van der Waals surface area contributed by atoms with Crippen LogP contribution in [0.5, 0.6) is 5.75 Å². The van der Waals surface area contributed by atoms with E-state index in [-0.39, 0.29) is 18.1 Å². The summed E-state index contributed by atoms with van der Waals surface area (Å²) in [5.41, 5.74) is 9.17. The molecule has 0 bridgehead atoms. The molecule has 3 aliphatic rings. The highest BCUT2D eigenvalue weighted by Crippen LogP contribution is 2.44. The van der Waals surface area contributed by atoms with Crippen molar-refractivity contribution in [3.8, 4) is 16.9 Å². The Labute approximate surface area is 209 Å². The molecule has 8 nitrogen and oxygen atoms in total. The molecule has 1 amide bonds. The smallest absolute Gasteiger partial charge is 0.225 e. The summed E-state index contributed by atoms with van der Waals surface area (Å²) in [6.45, 7) is 3.12.